The van der Waals surface area contributed by atoms with Crippen molar-refractivity contribution in [2.45, 2.75) is 265 Å². The molecule has 0 bridgehead atoms. The number of esters is 4. The first kappa shape index (κ1) is 95.7. The Morgan fingerprint density at radius 1 is 0.212 bits per heavy atom. The molecule has 0 atom stereocenters. The van der Waals surface area contributed by atoms with E-state index < -0.39 is 29.0 Å². The number of hydrogen-bond donors (Lipinski definition) is 0. The van der Waals surface area contributed by atoms with Gasteiger partial charge in [0.25, 0.3) is 0 Å². The van der Waals surface area contributed by atoms with Gasteiger partial charge in [0.05, 0.1) is 100 Å². The Balaban J connectivity index is -0.000000142. The van der Waals surface area contributed by atoms with Crippen LogP contribution in [0.15, 0.2) is 0 Å². The molecule has 0 N–H and O–H groups in total. The van der Waals surface area contributed by atoms with Crippen LogP contribution in [-0.2, 0) is 38.1 Å². The van der Waals surface area contributed by atoms with Gasteiger partial charge >= 0.3 is 23.9 Å². The molecule has 0 unspecified atom stereocenters. The summed E-state index contributed by atoms with van der Waals surface area (Å²) >= 11 is 0. The molecule has 0 rings (SSSR count). The summed E-state index contributed by atoms with van der Waals surface area (Å²) in [6.45, 7) is 36.7. The van der Waals surface area contributed by atoms with E-state index in [-0.39, 0.29) is 42.7 Å². The Labute approximate surface area is 497 Å². The van der Waals surface area contributed by atoms with Crippen LogP contribution in [0.2, 0.25) is 0 Å². The van der Waals surface area contributed by atoms with E-state index in [0.29, 0.717) is 26.4 Å². The fraction of sp³-hybridized carbons (Fsp3) is 0.938. The van der Waals surface area contributed by atoms with Crippen LogP contribution in [0.3, 0.4) is 0 Å². The van der Waals surface area contributed by atoms with Crippen LogP contribution in [0.25, 0.3) is 0 Å². The zero-order valence-corrected chi connectivity index (χ0v) is 59.3. The van der Waals surface area contributed by atoms with E-state index in [2.05, 4.69) is 83.1 Å². The molecule has 0 aliphatic carbocycles. The number of carbonyl (C=O) groups excluding carboxylic acids is 4. The van der Waals surface area contributed by atoms with Gasteiger partial charge in [0.1, 0.15) is 0 Å². The van der Waals surface area contributed by atoms with Crippen molar-refractivity contribution in [2.24, 2.45) is 0 Å². The van der Waals surface area contributed by atoms with Crippen molar-refractivity contribution in [3.63, 3.8) is 0 Å². The normalized spacial score (nSPS) is 11.0. The maximum Gasteiger partial charge on any atom is 0.343 e. The first-order chi connectivity index (χ1) is 36.5. The Kier molecular flexibility index (Phi) is 80.6. The van der Waals surface area contributed by atoms with Crippen LogP contribution in [0.5, 0.6) is 0 Å². The van der Waals surface area contributed by atoms with Crippen molar-refractivity contribution in [2.75, 3.05) is 125 Å². The molecule has 0 radical (unpaired) electrons. The van der Waals surface area contributed by atoms with Gasteiger partial charge in [-0.25, -0.2) is 19.2 Å². The molecule has 488 valence electrons. The zero-order chi connectivity index (χ0) is 58.3. The number of carbonyl (C=O) groups is 4. The topological polar surface area (TPSA) is 105 Å². The molecule has 16 heteroatoms. The SMILES string of the molecule is CCCC[P+](CCCC)(CCCC)CC(=O)OCC.CCCC[P+](CCCC)(CCCC)CC(=O)OCC.CCCC[P+](CCCC)(CCCC)CC(=O)OCC.CCCC[P+](CCCC)(CCCC)CC(=O)OCC.[F-].[F-].[F-].[F-]. The lowest BCUT2D eigenvalue weighted by Crippen LogP contribution is -3.00. The monoisotopic (exact) mass is 1230 g/mol. The number of unbranched alkanes of at least 4 members (excludes halogenated alkanes) is 12. The summed E-state index contributed by atoms with van der Waals surface area (Å²) < 4.78 is 20.9. The zero-order valence-electron chi connectivity index (χ0n) is 55.7. The summed E-state index contributed by atoms with van der Waals surface area (Å²) in [5.41, 5.74) is 0. The molecule has 0 saturated carbocycles. The van der Waals surface area contributed by atoms with E-state index in [0.717, 1.165) is 24.6 Å². The van der Waals surface area contributed by atoms with Gasteiger partial charge in [-0.3, -0.25) is 0 Å². The molecule has 0 aromatic rings. The molecule has 0 saturated heterocycles. The molecule has 0 aliphatic heterocycles. The minimum Gasteiger partial charge on any atom is -1.00 e. The van der Waals surface area contributed by atoms with Crippen LogP contribution < -0.4 is 18.8 Å². The van der Waals surface area contributed by atoms with Crippen molar-refractivity contribution < 1.29 is 56.9 Å². The van der Waals surface area contributed by atoms with E-state index >= 15 is 0 Å². The lowest BCUT2D eigenvalue weighted by Gasteiger charge is -2.27. The Morgan fingerprint density at radius 3 is 0.388 bits per heavy atom. The van der Waals surface area contributed by atoms with Crippen LogP contribution in [0, 0.1) is 0 Å². The summed E-state index contributed by atoms with van der Waals surface area (Å²) in [7, 11) is -4.42. The van der Waals surface area contributed by atoms with Crippen molar-refractivity contribution in [3.8, 4) is 0 Å². The fourth-order valence-corrected chi connectivity index (χ4v) is 29.1. The number of hydrogen-bond acceptors (Lipinski definition) is 8. The standard InChI is InChI=1S/4C16H34O2P.4FH/c4*1-5-9-12-19(13-10-6-2,14-11-7-3)15-16(17)18-8-4;;;;/h4*5-15H2,1-4H3;4*1H/q4*+1;;;;/p-4. The molecule has 0 heterocycles. The first-order valence-corrected chi connectivity index (χ1v) is 42.7. The molecule has 0 amide bonds. The highest BCUT2D eigenvalue weighted by Gasteiger charge is 2.41. The second kappa shape index (κ2) is 67.4. The predicted octanol–water partition coefficient (Wildman–Crippen LogP) is 7.89. The van der Waals surface area contributed by atoms with Gasteiger partial charge in [-0.05, 0) is 105 Å². The summed E-state index contributed by atoms with van der Waals surface area (Å²) in [5.74, 6) is 0.219. The van der Waals surface area contributed by atoms with Crippen molar-refractivity contribution in [1.82, 2.24) is 0 Å². The average molecular weight is 1230 g/mol. The summed E-state index contributed by atoms with van der Waals surface area (Å²) in [6, 6.07) is 0. The van der Waals surface area contributed by atoms with Gasteiger partial charge in [0, 0.05) is 29.0 Å². The maximum absolute atomic E-state index is 12.0. The third kappa shape index (κ3) is 54.0. The van der Waals surface area contributed by atoms with E-state index in [1.807, 2.05) is 27.7 Å². The highest BCUT2D eigenvalue weighted by atomic mass is 31.2. The fourth-order valence-electron chi connectivity index (χ4n) is 10.1. The van der Waals surface area contributed by atoms with Gasteiger partial charge in [-0.1, -0.05) is 160 Å². The van der Waals surface area contributed by atoms with Crippen LogP contribution in [0.4, 0.5) is 0 Å². The number of halogens is 4. The molecule has 0 spiro atoms. The molecular formula is C64H136F4O8P4. The summed E-state index contributed by atoms with van der Waals surface area (Å²) in [6.07, 6.45) is 48.7. The van der Waals surface area contributed by atoms with Gasteiger partial charge in [-0.15, -0.1) is 0 Å². The molecule has 8 nitrogen and oxygen atoms in total. The van der Waals surface area contributed by atoms with E-state index in [1.54, 1.807) is 0 Å². The molecule has 0 aromatic carbocycles. The lowest BCUT2D eigenvalue weighted by atomic mass is 10.4. The second-order valence-electron chi connectivity index (χ2n) is 22.1. The Bertz CT molecular complexity index is 1040. The van der Waals surface area contributed by atoms with E-state index in [4.69, 9.17) is 18.9 Å². The lowest BCUT2D eigenvalue weighted by molar-refractivity contribution is -0.141. The van der Waals surface area contributed by atoms with E-state index in [9.17, 15) is 19.2 Å². The second-order valence-corrected chi connectivity index (χ2v) is 39.5. The molecule has 80 heavy (non-hydrogen) atoms. The Hall–Kier alpha value is -0.680. The molecule has 0 aliphatic rings. The highest BCUT2D eigenvalue weighted by molar-refractivity contribution is 7.77. The summed E-state index contributed by atoms with van der Waals surface area (Å²) in [4.78, 5) is 47.8. The van der Waals surface area contributed by atoms with E-state index in [1.165, 1.54) is 228 Å². The van der Waals surface area contributed by atoms with Gasteiger partial charge in [0.15, 0.2) is 24.6 Å². The van der Waals surface area contributed by atoms with Crippen LogP contribution in [0.1, 0.15) is 265 Å². The average Bonchev–Trinajstić information content (AvgIpc) is 3.40. The minimum absolute atomic E-state index is 0. The third-order valence-corrected chi connectivity index (χ3v) is 33.8. The van der Waals surface area contributed by atoms with Crippen LogP contribution >= 0.6 is 29.0 Å². The molecule has 0 fully saturated rings. The van der Waals surface area contributed by atoms with Crippen molar-refractivity contribution in [3.05, 3.63) is 0 Å². The maximum atomic E-state index is 12.0. The largest absolute Gasteiger partial charge is 1.00 e. The van der Waals surface area contributed by atoms with Gasteiger partial charge in [-0.2, -0.15) is 0 Å². The number of ether oxygens (including phenoxy) is 4. The van der Waals surface area contributed by atoms with Crippen molar-refractivity contribution in [1.29, 1.82) is 0 Å². The number of rotatable bonds is 48. The molecular weight excluding hydrogens is 1100 g/mol. The highest BCUT2D eigenvalue weighted by Crippen LogP contribution is 2.63. The minimum atomic E-state index is -1.11. The smallest absolute Gasteiger partial charge is 0.343 e. The van der Waals surface area contributed by atoms with Gasteiger partial charge < -0.3 is 37.8 Å². The quantitative estimate of drug-likeness (QED) is 0.0263. The molecule has 0 aromatic heterocycles. The third-order valence-electron chi connectivity index (χ3n) is 14.9. The van der Waals surface area contributed by atoms with Crippen LogP contribution in [-0.4, -0.2) is 149 Å². The predicted molar refractivity (Wildman–Crippen MR) is 351 cm³/mol. The van der Waals surface area contributed by atoms with Crippen molar-refractivity contribution >= 4 is 52.9 Å². The van der Waals surface area contributed by atoms with Gasteiger partial charge in [0.2, 0.25) is 0 Å². The first-order valence-electron chi connectivity index (χ1n) is 32.6. The Morgan fingerprint density at radius 2 is 0.312 bits per heavy atom. The summed E-state index contributed by atoms with van der Waals surface area (Å²) in [5, 5.41) is 0.